The number of aromatic nitrogens is 3. The number of piperazine rings is 1. The van der Waals surface area contributed by atoms with Crippen LogP contribution in [0.2, 0.25) is 0 Å². The zero-order valence-electron chi connectivity index (χ0n) is 26.8. The van der Waals surface area contributed by atoms with Crippen molar-refractivity contribution >= 4 is 29.1 Å². The van der Waals surface area contributed by atoms with E-state index in [2.05, 4.69) is 48.3 Å². The molecule has 2 aromatic carbocycles. The summed E-state index contributed by atoms with van der Waals surface area (Å²) in [6.45, 7) is 5.88. The minimum atomic E-state index is -1.44. The van der Waals surface area contributed by atoms with Crippen molar-refractivity contribution in [3.8, 4) is 23.2 Å². The fourth-order valence-corrected chi connectivity index (χ4v) is 6.70. The van der Waals surface area contributed by atoms with Crippen LogP contribution in [0.4, 0.5) is 21.7 Å². The summed E-state index contributed by atoms with van der Waals surface area (Å²) in [5, 5.41) is 13.1. The topological polar surface area (TPSA) is 140 Å². The van der Waals surface area contributed by atoms with Crippen LogP contribution in [0.3, 0.4) is 0 Å². The second-order valence-corrected chi connectivity index (χ2v) is 12.6. The van der Waals surface area contributed by atoms with Gasteiger partial charge in [0.05, 0.1) is 31.4 Å². The first-order chi connectivity index (χ1) is 23.4. The van der Waals surface area contributed by atoms with Gasteiger partial charge in [-0.2, -0.15) is 10.2 Å². The molecule has 3 aromatic rings. The summed E-state index contributed by atoms with van der Waals surface area (Å²) in [6.07, 6.45) is 0.178. The quantitative estimate of drug-likeness (QED) is 0.383. The van der Waals surface area contributed by atoms with E-state index in [4.69, 9.17) is 9.47 Å². The molecule has 3 atom stereocenters. The molecular formula is C34H38FN9O4. The molecule has 1 N–H and O–H groups in total. The van der Waals surface area contributed by atoms with E-state index in [1.54, 1.807) is 25.2 Å². The Morgan fingerprint density at radius 2 is 1.85 bits per heavy atom. The number of piperidine rings is 1. The van der Waals surface area contributed by atoms with Crippen molar-refractivity contribution in [2.24, 2.45) is 0 Å². The van der Waals surface area contributed by atoms with Crippen LogP contribution in [-0.4, -0.2) is 125 Å². The van der Waals surface area contributed by atoms with E-state index in [1.807, 2.05) is 12.1 Å². The molecule has 1 aromatic heterocycles. The van der Waals surface area contributed by atoms with Gasteiger partial charge < -0.3 is 29.5 Å². The van der Waals surface area contributed by atoms with Gasteiger partial charge >= 0.3 is 0 Å². The molecule has 0 aliphatic carbocycles. The van der Waals surface area contributed by atoms with Gasteiger partial charge in [0.15, 0.2) is 12.0 Å². The van der Waals surface area contributed by atoms with Crippen LogP contribution in [0.1, 0.15) is 24.8 Å². The number of rotatable bonds is 8. The highest BCUT2D eigenvalue weighted by molar-refractivity contribution is 5.90. The summed E-state index contributed by atoms with van der Waals surface area (Å²) in [5.41, 5.74) is 2.80. The summed E-state index contributed by atoms with van der Waals surface area (Å²) in [7, 11) is 1.61. The fourth-order valence-electron chi connectivity index (χ4n) is 6.70. The molecule has 1 unspecified atom stereocenters. The molecule has 5 heterocycles. The lowest BCUT2D eigenvalue weighted by Crippen LogP contribution is -2.56. The molecule has 4 aliphatic rings. The van der Waals surface area contributed by atoms with Crippen LogP contribution in [0.15, 0.2) is 48.8 Å². The molecular weight excluding hydrogens is 617 g/mol. The number of likely N-dealkylation sites (N-methyl/N-ethyl adjacent to an activating group) is 1. The van der Waals surface area contributed by atoms with Gasteiger partial charge in [-0.15, -0.1) is 0 Å². The number of amides is 2. The smallest absolute Gasteiger partial charge is 0.245 e. The lowest BCUT2D eigenvalue weighted by atomic mass is 10.0. The van der Waals surface area contributed by atoms with E-state index in [9.17, 15) is 14.9 Å². The lowest BCUT2D eigenvalue weighted by Gasteiger charge is -2.43. The Bertz CT molecular complexity index is 1690. The molecule has 0 radical (unpaired) electrons. The van der Waals surface area contributed by atoms with Crippen molar-refractivity contribution in [3.63, 3.8) is 0 Å². The molecule has 4 aliphatic heterocycles. The lowest BCUT2D eigenvalue weighted by molar-refractivity contribution is -0.143. The predicted molar refractivity (Wildman–Crippen MR) is 174 cm³/mol. The Hall–Kier alpha value is -4.87. The first-order valence-electron chi connectivity index (χ1n) is 16.4. The number of halogens is 1. The zero-order chi connectivity index (χ0) is 33.2. The van der Waals surface area contributed by atoms with Gasteiger partial charge in [0.1, 0.15) is 30.3 Å². The van der Waals surface area contributed by atoms with Crippen molar-refractivity contribution in [2.45, 2.75) is 43.6 Å². The van der Waals surface area contributed by atoms with Crippen LogP contribution in [0.25, 0.3) is 11.4 Å². The van der Waals surface area contributed by atoms with E-state index in [-0.39, 0.29) is 36.1 Å². The monoisotopic (exact) mass is 655 g/mol. The van der Waals surface area contributed by atoms with Crippen molar-refractivity contribution < 1.29 is 23.5 Å². The highest BCUT2D eigenvalue weighted by Gasteiger charge is 2.40. The number of hydrogen-bond donors (Lipinski definition) is 1. The third kappa shape index (κ3) is 6.61. The summed E-state index contributed by atoms with van der Waals surface area (Å²) >= 11 is 0. The molecule has 13 nitrogen and oxygen atoms in total. The van der Waals surface area contributed by atoms with Crippen LogP contribution >= 0.6 is 0 Å². The summed E-state index contributed by atoms with van der Waals surface area (Å²) in [4.78, 5) is 45.7. The van der Waals surface area contributed by atoms with Gasteiger partial charge in [0.25, 0.3) is 0 Å². The van der Waals surface area contributed by atoms with Crippen molar-refractivity contribution in [1.29, 1.82) is 5.26 Å². The first kappa shape index (κ1) is 31.7. The number of ether oxygens (including phenoxy) is 2. The van der Waals surface area contributed by atoms with Crippen molar-refractivity contribution in [3.05, 3.63) is 54.4 Å². The Labute approximate surface area is 278 Å². The van der Waals surface area contributed by atoms with Gasteiger partial charge in [0, 0.05) is 69.6 Å². The first-order valence-corrected chi connectivity index (χ1v) is 16.4. The van der Waals surface area contributed by atoms with Crippen LogP contribution in [-0.2, 0) is 14.3 Å². The van der Waals surface area contributed by atoms with Crippen molar-refractivity contribution in [2.75, 3.05) is 69.7 Å². The van der Waals surface area contributed by atoms with Crippen LogP contribution in [0.5, 0.6) is 5.75 Å². The highest BCUT2D eigenvalue weighted by atomic mass is 19.1. The standard InChI is InChI=1S/C34H38FN9O4/c1-41-28(7-9-31(41)45)33(46)44-11-10-30(27(35)18-44)48-29-8-2-22(16-23(29)17-36)32-37-21-38-34(40-32)39-24-3-5-25(6-4-24)42-12-14-43(15-13-42)26-19-47-20-26/h2-6,8,16,21,26-28,30H,7,9-15,18-20H2,1H3,(H,37,38,39,40)/t27-,28?,30+/m1/s1. The van der Waals surface area contributed by atoms with Gasteiger partial charge in [-0.1, -0.05) is 0 Å². The number of nitrogens with zero attached hydrogens (tertiary/aromatic N) is 8. The number of alkyl halides is 1. The zero-order valence-corrected chi connectivity index (χ0v) is 26.8. The number of anilines is 3. The molecule has 14 heteroatoms. The molecule has 7 rings (SSSR count). The Kier molecular flexibility index (Phi) is 9.05. The van der Waals surface area contributed by atoms with Crippen LogP contribution in [0, 0.1) is 11.3 Å². The molecule has 0 bridgehead atoms. The Morgan fingerprint density at radius 3 is 2.52 bits per heavy atom. The third-order valence-corrected chi connectivity index (χ3v) is 9.72. The largest absolute Gasteiger partial charge is 0.486 e. The van der Waals surface area contributed by atoms with Crippen LogP contribution < -0.4 is 15.0 Å². The minimum Gasteiger partial charge on any atom is -0.486 e. The SMILES string of the molecule is CN1C(=O)CCC1C(=O)N1CC[C@H](Oc2ccc(-c3ncnc(Nc4ccc(N5CCN(C6COC6)CC5)cc4)n3)cc2C#N)[C@H](F)C1. The van der Waals surface area contributed by atoms with E-state index < -0.39 is 18.3 Å². The number of carbonyl (C=O) groups excluding carboxylic acids is 2. The fraction of sp³-hybridized carbons (Fsp3) is 0.471. The van der Waals surface area contributed by atoms with E-state index in [1.165, 1.54) is 21.8 Å². The van der Waals surface area contributed by atoms with Crippen molar-refractivity contribution in [1.82, 2.24) is 29.7 Å². The second-order valence-electron chi connectivity index (χ2n) is 12.6. The van der Waals surface area contributed by atoms with Gasteiger partial charge in [0.2, 0.25) is 17.8 Å². The number of nitriles is 1. The number of benzene rings is 2. The van der Waals surface area contributed by atoms with Gasteiger partial charge in [-0.05, 0) is 48.9 Å². The molecule has 4 saturated heterocycles. The number of carbonyl (C=O) groups is 2. The van der Waals surface area contributed by atoms with Gasteiger partial charge in [-0.25, -0.2) is 14.4 Å². The highest BCUT2D eigenvalue weighted by Crippen LogP contribution is 2.30. The Morgan fingerprint density at radius 1 is 1.06 bits per heavy atom. The predicted octanol–water partition coefficient (Wildman–Crippen LogP) is 2.61. The molecule has 4 fully saturated rings. The van der Waals surface area contributed by atoms with E-state index in [0.717, 1.165) is 45.1 Å². The Balaban J connectivity index is 0.956. The second kappa shape index (κ2) is 13.7. The normalized spacial score (nSPS) is 23.5. The maximum Gasteiger partial charge on any atom is 0.245 e. The number of likely N-dealkylation sites (tertiary alicyclic amines) is 2. The van der Waals surface area contributed by atoms with E-state index >= 15 is 4.39 Å². The third-order valence-electron chi connectivity index (χ3n) is 9.72. The average Bonchev–Trinajstić information content (AvgIpc) is 3.42. The maximum atomic E-state index is 15.3. The molecule has 250 valence electrons. The molecule has 0 saturated carbocycles. The number of nitrogens with one attached hydrogen (secondary N) is 1. The molecule has 2 amide bonds. The maximum absolute atomic E-state index is 15.3. The summed E-state index contributed by atoms with van der Waals surface area (Å²) < 4.78 is 26.6. The summed E-state index contributed by atoms with van der Waals surface area (Å²) in [6, 6.07) is 15.3. The minimum absolute atomic E-state index is 0.0778. The molecule has 48 heavy (non-hydrogen) atoms. The van der Waals surface area contributed by atoms with Gasteiger partial charge in [-0.3, -0.25) is 14.5 Å². The summed E-state index contributed by atoms with van der Waals surface area (Å²) in [5.74, 6) is 0.663. The average molecular weight is 656 g/mol. The van der Waals surface area contributed by atoms with E-state index in [0.29, 0.717) is 42.8 Å². The molecule has 0 spiro atoms. The number of hydrogen-bond acceptors (Lipinski definition) is 11.